The number of rotatable bonds is 7. The van der Waals surface area contributed by atoms with Crippen LogP contribution in [0.1, 0.15) is 33.6 Å². The Morgan fingerprint density at radius 2 is 2.00 bits per heavy atom. The Balaban J connectivity index is 1.88. The zero-order valence-electron chi connectivity index (χ0n) is 15.9. The van der Waals surface area contributed by atoms with E-state index in [-0.39, 0.29) is 11.7 Å². The van der Waals surface area contributed by atoms with Crippen LogP contribution < -0.4 is 10.3 Å². The van der Waals surface area contributed by atoms with E-state index in [4.69, 9.17) is 16.3 Å². The summed E-state index contributed by atoms with van der Waals surface area (Å²) in [6, 6.07) is 9.05. The number of nitrogens with zero attached hydrogens (tertiary/aromatic N) is 3. The molecule has 27 heavy (non-hydrogen) atoms. The quantitative estimate of drug-likeness (QED) is 0.578. The summed E-state index contributed by atoms with van der Waals surface area (Å²) in [5.41, 5.74) is 2.62. The number of benzene rings is 1. The SMILES string of the molecule is CCCn1cc(-n2cc(-c3ccc(O[C@@H](C)CC)cc3Cl)cn2)ccc1=O. The highest BCUT2D eigenvalue weighted by Crippen LogP contribution is 2.31. The molecule has 2 heterocycles. The van der Waals surface area contributed by atoms with Gasteiger partial charge in [-0.1, -0.05) is 25.4 Å². The Morgan fingerprint density at radius 3 is 2.70 bits per heavy atom. The fourth-order valence-electron chi connectivity index (χ4n) is 2.79. The minimum atomic E-state index is -0.00656. The molecule has 0 N–H and O–H groups in total. The predicted octanol–water partition coefficient (Wildman–Crippen LogP) is 4.94. The highest BCUT2D eigenvalue weighted by molar-refractivity contribution is 6.33. The number of ether oxygens (including phenoxy) is 1. The van der Waals surface area contributed by atoms with Crippen molar-refractivity contribution in [3.05, 3.63) is 64.3 Å². The van der Waals surface area contributed by atoms with Gasteiger partial charge in [-0.3, -0.25) is 4.79 Å². The van der Waals surface area contributed by atoms with E-state index in [0.29, 0.717) is 11.6 Å². The van der Waals surface area contributed by atoms with Gasteiger partial charge in [0, 0.05) is 36.1 Å². The van der Waals surface area contributed by atoms with Crippen LogP contribution in [0.5, 0.6) is 5.75 Å². The minimum absolute atomic E-state index is 0.00656. The van der Waals surface area contributed by atoms with Crippen LogP contribution in [0.25, 0.3) is 16.8 Å². The summed E-state index contributed by atoms with van der Waals surface area (Å²) in [4.78, 5) is 11.9. The summed E-state index contributed by atoms with van der Waals surface area (Å²) in [5.74, 6) is 0.761. The molecule has 0 aliphatic heterocycles. The monoisotopic (exact) mass is 385 g/mol. The van der Waals surface area contributed by atoms with Crippen molar-refractivity contribution in [3.8, 4) is 22.6 Å². The normalized spacial score (nSPS) is 12.1. The maximum Gasteiger partial charge on any atom is 0.250 e. The fourth-order valence-corrected chi connectivity index (χ4v) is 3.07. The molecular formula is C21H24ClN3O2. The van der Waals surface area contributed by atoms with Crippen LogP contribution in [-0.2, 0) is 6.54 Å². The number of hydrogen-bond acceptors (Lipinski definition) is 3. The number of halogens is 1. The van der Waals surface area contributed by atoms with Crippen LogP contribution in [0.4, 0.5) is 0 Å². The van der Waals surface area contributed by atoms with E-state index in [2.05, 4.69) is 12.0 Å². The van der Waals surface area contributed by atoms with Gasteiger partial charge in [0.25, 0.3) is 5.56 Å². The lowest BCUT2D eigenvalue weighted by Gasteiger charge is -2.13. The molecule has 3 rings (SSSR count). The van der Waals surface area contributed by atoms with E-state index in [9.17, 15) is 4.79 Å². The Labute approximate surface area is 164 Å². The molecule has 0 saturated carbocycles. The van der Waals surface area contributed by atoms with Gasteiger partial charge in [0.1, 0.15) is 5.75 Å². The molecule has 0 radical (unpaired) electrons. The van der Waals surface area contributed by atoms with Crippen molar-refractivity contribution in [3.63, 3.8) is 0 Å². The summed E-state index contributed by atoms with van der Waals surface area (Å²) in [6.45, 7) is 6.84. The van der Waals surface area contributed by atoms with Gasteiger partial charge < -0.3 is 9.30 Å². The number of aryl methyl sites for hydroxylation is 1. The number of hydrogen-bond donors (Lipinski definition) is 0. The van der Waals surface area contributed by atoms with E-state index in [1.54, 1.807) is 27.6 Å². The van der Waals surface area contributed by atoms with Crippen molar-refractivity contribution in [2.45, 2.75) is 46.3 Å². The Kier molecular flexibility index (Phi) is 6.01. The van der Waals surface area contributed by atoms with E-state index in [0.717, 1.165) is 35.4 Å². The Hall–Kier alpha value is -2.53. The van der Waals surface area contributed by atoms with Gasteiger partial charge in [0.2, 0.25) is 0 Å². The molecule has 0 bridgehead atoms. The molecular weight excluding hydrogens is 362 g/mol. The lowest BCUT2D eigenvalue weighted by Crippen LogP contribution is -2.19. The summed E-state index contributed by atoms with van der Waals surface area (Å²) in [5, 5.41) is 5.05. The maximum atomic E-state index is 11.9. The first kappa shape index (κ1) is 19.2. The van der Waals surface area contributed by atoms with Crippen LogP contribution in [0, 0.1) is 0 Å². The van der Waals surface area contributed by atoms with Crippen LogP contribution in [0.3, 0.4) is 0 Å². The molecule has 0 unspecified atom stereocenters. The van der Waals surface area contributed by atoms with Crippen molar-refractivity contribution >= 4 is 11.6 Å². The fraction of sp³-hybridized carbons (Fsp3) is 0.333. The third kappa shape index (κ3) is 4.42. The minimum Gasteiger partial charge on any atom is -0.491 e. The summed E-state index contributed by atoms with van der Waals surface area (Å²) >= 11 is 6.47. The van der Waals surface area contributed by atoms with Gasteiger partial charge in [-0.25, -0.2) is 4.68 Å². The largest absolute Gasteiger partial charge is 0.491 e. The van der Waals surface area contributed by atoms with Gasteiger partial charge in [0.05, 0.1) is 23.0 Å². The number of pyridine rings is 1. The van der Waals surface area contributed by atoms with Crippen molar-refractivity contribution < 1.29 is 4.74 Å². The van der Waals surface area contributed by atoms with Crippen molar-refractivity contribution in [2.75, 3.05) is 0 Å². The summed E-state index contributed by atoms with van der Waals surface area (Å²) in [6.07, 6.45) is 7.49. The molecule has 0 aliphatic rings. The van der Waals surface area contributed by atoms with Crippen LogP contribution in [0.15, 0.2) is 53.7 Å². The van der Waals surface area contributed by atoms with Crippen molar-refractivity contribution in [2.24, 2.45) is 0 Å². The molecule has 5 nitrogen and oxygen atoms in total. The average Bonchev–Trinajstić information content (AvgIpc) is 3.13. The maximum absolute atomic E-state index is 11.9. The van der Waals surface area contributed by atoms with Crippen molar-refractivity contribution in [1.29, 1.82) is 0 Å². The van der Waals surface area contributed by atoms with Crippen LogP contribution in [0.2, 0.25) is 5.02 Å². The first-order chi connectivity index (χ1) is 13.0. The Bertz CT molecular complexity index is 978. The molecule has 0 amide bonds. The molecule has 0 aliphatic carbocycles. The lowest BCUT2D eigenvalue weighted by atomic mass is 10.1. The van der Waals surface area contributed by atoms with Gasteiger partial charge in [-0.2, -0.15) is 5.10 Å². The summed E-state index contributed by atoms with van der Waals surface area (Å²) < 4.78 is 9.27. The topological polar surface area (TPSA) is 49.0 Å². The second-order valence-corrected chi connectivity index (χ2v) is 6.98. The highest BCUT2D eigenvalue weighted by atomic mass is 35.5. The van der Waals surface area contributed by atoms with E-state index < -0.39 is 0 Å². The second-order valence-electron chi connectivity index (χ2n) is 6.57. The van der Waals surface area contributed by atoms with Gasteiger partial charge in [-0.15, -0.1) is 0 Å². The molecule has 0 fully saturated rings. The molecule has 0 spiro atoms. The smallest absolute Gasteiger partial charge is 0.250 e. The van der Waals surface area contributed by atoms with Crippen molar-refractivity contribution in [1.82, 2.24) is 14.3 Å². The molecule has 1 aromatic carbocycles. The zero-order valence-corrected chi connectivity index (χ0v) is 16.6. The predicted molar refractivity (Wildman–Crippen MR) is 109 cm³/mol. The van der Waals surface area contributed by atoms with Gasteiger partial charge in [0.15, 0.2) is 0 Å². The van der Waals surface area contributed by atoms with Crippen LogP contribution in [-0.4, -0.2) is 20.5 Å². The zero-order chi connectivity index (χ0) is 19.4. The third-order valence-corrected chi connectivity index (χ3v) is 4.76. The molecule has 142 valence electrons. The first-order valence-corrected chi connectivity index (χ1v) is 9.61. The average molecular weight is 386 g/mol. The van der Waals surface area contributed by atoms with Gasteiger partial charge >= 0.3 is 0 Å². The molecule has 6 heteroatoms. The second kappa shape index (κ2) is 8.44. The highest BCUT2D eigenvalue weighted by Gasteiger charge is 2.10. The first-order valence-electron chi connectivity index (χ1n) is 9.24. The Morgan fingerprint density at radius 1 is 1.19 bits per heavy atom. The standard InChI is InChI=1S/C21H24ClN3O2/c1-4-10-24-14-17(6-9-21(24)26)25-13-16(12-23-25)19-8-7-18(11-20(19)22)27-15(3)5-2/h6-9,11-15H,4-5,10H2,1-3H3/t15-/m0/s1. The van der Waals surface area contributed by atoms with E-state index >= 15 is 0 Å². The van der Waals surface area contributed by atoms with E-state index in [1.165, 1.54) is 0 Å². The number of aromatic nitrogens is 3. The molecule has 1 atom stereocenters. The lowest BCUT2D eigenvalue weighted by molar-refractivity contribution is 0.217. The van der Waals surface area contributed by atoms with Gasteiger partial charge in [-0.05, 0) is 44.0 Å². The molecule has 0 saturated heterocycles. The van der Waals surface area contributed by atoms with Crippen LogP contribution >= 0.6 is 11.6 Å². The molecule has 3 aromatic rings. The van der Waals surface area contributed by atoms with E-state index in [1.807, 2.05) is 44.4 Å². The summed E-state index contributed by atoms with van der Waals surface area (Å²) in [7, 11) is 0. The third-order valence-electron chi connectivity index (χ3n) is 4.44. The molecule has 2 aromatic heterocycles.